The molecule has 2 rings (SSSR count). The summed E-state index contributed by atoms with van der Waals surface area (Å²) in [5.41, 5.74) is 0. The third kappa shape index (κ3) is 2.58. The van der Waals surface area contributed by atoms with Gasteiger partial charge in [-0.3, -0.25) is 0 Å². The molecule has 1 N–H and O–H groups in total. The third-order valence-electron chi connectivity index (χ3n) is 2.83. The minimum atomic E-state index is 1.06. The van der Waals surface area contributed by atoms with E-state index in [4.69, 9.17) is 0 Å². The maximum atomic E-state index is 4.38. The minimum absolute atomic E-state index is 1.06. The van der Waals surface area contributed by atoms with E-state index in [2.05, 4.69) is 21.1 Å². The molecule has 0 atom stereocenters. The number of nitrogens with zero attached hydrogens (tertiary/aromatic N) is 2. The fourth-order valence-corrected chi connectivity index (χ4v) is 1.98. The number of aryl methyl sites for hydroxylation is 1. The molecule has 14 heavy (non-hydrogen) atoms. The van der Waals surface area contributed by atoms with Gasteiger partial charge in [0, 0.05) is 31.9 Å². The average Bonchev–Trinajstić information content (AvgIpc) is 2.61. The Morgan fingerprint density at radius 1 is 1.14 bits per heavy atom. The zero-order valence-electron chi connectivity index (χ0n) is 8.71. The summed E-state index contributed by atoms with van der Waals surface area (Å²) in [6, 6.07) is 0. The smallest absolute Gasteiger partial charge is 0.109 e. The summed E-state index contributed by atoms with van der Waals surface area (Å²) >= 11 is 0. The Morgan fingerprint density at radius 3 is 3.07 bits per heavy atom. The second-order valence-electron chi connectivity index (χ2n) is 3.95. The van der Waals surface area contributed by atoms with E-state index in [1.165, 1.54) is 38.1 Å². The Morgan fingerprint density at radius 2 is 2.07 bits per heavy atom. The first kappa shape index (κ1) is 9.71. The maximum absolute atomic E-state index is 4.38. The second-order valence-corrected chi connectivity index (χ2v) is 3.95. The molecule has 3 nitrogen and oxygen atoms in total. The van der Waals surface area contributed by atoms with Gasteiger partial charge in [0.25, 0.3) is 0 Å². The number of hydrogen-bond donors (Lipinski definition) is 1. The van der Waals surface area contributed by atoms with Gasteiger partial charge in [-0.25, -0.2) is 4.98 Å². The zero-order valence-corrected chi connectivity index (χ0v) is 8.71. The monoisotopic (exact) mass is 193 g/mol. The van der Waals surface area contributed by atoms with Gasteiger partial charge in [0.1, 0.15) is 5.82 Å². The van der Waals surface area contributed by atoms with E-state index in [9.17, 15) is 0 Å². The van der Waals surface area contributed by atoms with Crippen LogP contribution >= 0.6 is 0 Å². The summed E-state index contributed by atoms with van der Waals surface area (Å²) < 4.78 is 2.30. The van der Waals surface area contributed by atoms with Gasteiger partial charge in [-0.2, -0.15) is 0 Å². The van der Waals surface area contributed by atoms with Crippen molar-refractivity contribution < 1.29 is 0 Å². The van der Waals surface area contributed by atoms with Gasteiger partial charge in [-0.15, -0.1) is 0 Å². The summed E-state index contributed by atoms with van der Waals surface area (Å²) in [6.45, 7) is 3.38. The van der Waals surface area contributed by atoms with Crippen LogP contribution in [0.3, 0.4) is 0 Å². The predicted octanol–water partition coefficient (Wildman–Crippen LogP) is 1.59. The third-order valence-corrected chi connectivity index (χ3v) is 2.83. The number of imidazole rings is 1. The van der Waals surface area contributed by atoms with Crippen molar-refractivity contribution in [1.82, 2.24) is 14.9 Å². The highest BCUT2D eigenvalue weighted by Crippen LogP contribution is 2.06. The summed E-state index contributed by atoms with van der Waals surface area (Å²) in [7, 11) is 0. The van der Waals surface area contributed by atoms with Crippen LogP contribution in [0.25, 0.3) is 0 Å². The molecule has 1 aromatic heterocycles. The summed E-state index contributed by atoms with van der Waals surface area (Å²) in [6.07, 6.45) is 10.4. The Kier molecular flexibility index (Phi) is 3.57. The van der Waals surface area contributed by atoms with E-state index in [0.717, 1.165) is 19.5 Å². The van der Waals surface area contributed by atoms with Crippen molar-refractivity contribution in [3.05, 3.63) is 18.2 Å². The molecule has 3 heteroatoms. The van der Waals surface area contributed by atoms with Crippen molar-refractivity contribution in [2.24, 2.45) is 0 Å². The lowest BCUT2D eigenvalue weighted by atomic mass is 10.2. The van der Waals surface area contributed by atoms with Gasteiger partial charge in [-0.05, 0) is 19.4 Å². The summed E-state index contributed by atoms with van der Waals surface area (Å²) in [5.74, 6) is 1.24. The average molecular weight is 193 g/mol. The van der Waals surface area contributed by atoms with Gasteiger partial charge >= 0.3 is 0 Å². The topological polar surface area (TPSA) is 29.9 Å². The van der Waals surface area contributed by atoms with Gasteiger partial charge in [0.05, 0.1) is 0 Å². The molecule has 0 unspecified atom stereocenters. The van der Waals surface area contributed by atoms with Crippen LogP contribution in [0.1, 0.15) is 31.5 Å². The highest BCUT2D eigenvalue weighted by atomic mass is 15.1. The number of aromatic nitrogens is 2. The molecule has 0 aromatic carbocycles. The van der Waals surface area contributed by atoms with E-state index in [1.54, 1.807) is 0 Å². The number of nitrogens with one attached hydrogen (secondary N) is 1. The van der Waals surface area contributed by atoms with Crippen molar-refractivity contribution in [2.45, 2.75) is 38.6 Å². The quantitative estimate of drug-likeness (QED) is 0.678. The van der Waals surface area contributed by atoms with Crippen LogP contribution in [0, 0.1) is 0 Å². The van der Waals surface area contributed by atoms with Gasteiger partial charge in [-0.1, -0.05) is 12.8 Å². The van der Waals surface area contributed by atoms with Crippen LogP contribution in [0.2, 0.25) is 0 Å². The lowest BCUT2D eigenvalue weighted by Gasteiger charge is -2.06. The first-order valence-corrected chi connectivity index (χ1v) is 5.67. The molecular formula is C11H19N3. The van der Waals surface area contributed by atoms with Gasteiger partial charge < -0.3 is 9.88 Å². The molecule has 1 aliphatic rings. The van der Waals surface area contributed by atoms with E-state index in [0.29, 0.717) is 0 Å². The molecule has 0 bridgehead atoms. The number of hydrogen-bond acceptors (Lipinski definition) is 2. The molecule has 0 saturated heterocycles. The highest BCUT2D eigenvalue weighted by molar-refractivity contribution is 4.93. The van der Waals surface area contributed by atoms with E-state index in [1.807, 2.05) is 6.20 Å². The molecule has 0 fully saturated rings. The van der Waals surface area contributed by atoms with Gasteiger partial charge in [0.2, 0.25) is 0 Å². The number of fused-ring (bicyclic) bond motifs is 1. The largest absolute Gasteiger partial charge is 0.335 e. The van der Waals surface area contributed by atoms with E-state index >= 15 is 0 Å². The van der Waals surface area contributed by atoms with E-state index in [-0.39, 0.29) is 0 Å². The van der Waals surface area contributed by atoms with E-state index < -0.39 is 0 Å². The minimum Gasteiger partial charge on any atom is -0.335 e. The Hall–Kier alpha value is -0.830. The summed E-state index contributed by atoms with van der Waals surface area (Å²) in [4.78, 5) is 4.38. The zero-order chi connectivity index (χ0) is 9.64. The SMILES string of the molecule is c1cn2c(n1)CCNCCCCCC2. The summed E-state index contributed by atoms with van der Waals surface area (Å²) in [5, 5.41) is 3.46. The first-order chi connectivity index (χ1) is 6.97. The predicted molar refractivity (Wildman–Crippen MR) is 57.3 cm³/mol. The van der Waals surface area contributed by atoms with Crippen LogP contribution in [-0.2, 0) is 13.0 Å². The van der Waals surface area contributed by atoms with Crippen molar-refractivity contribution in [2.75, 3.05) is 13.1 Å². The van der Waals surface area contributed by atoms with Crippen LogP contribution in [0.4, 0.5) is 0 Å². The molecule has 0 amide bonds. The van der Waals surface area contributed by atoms with Gasteiger partial charge in [0.15, 0.2) is 0 Å². The molecule has 2 heterocycles. The lowest BCUT2D eigenvalue weighted by Crippen LogP contribution is -2.19. The van der Waals surface area contributed by atoms with Crippen LogP contribution in [-0.4, -0.2) is 22.6 Å². The van der Waals surface area contributed by atoms with Crippen LogP contribution < -0.4 is 5.32 Å². The normalized spacial score (nSPS) is 19.7. The first-order valence-electron chi connectivity index (χ1n) is 5.67. The molecule has 0 saturated carbocycles. The molecule has 1 aromatic rings. The van der Waals surface area contributed by atoms with Crippen molar-refractivity contribution in [3.63, 3.8) is 0 Å². The Balaban J connectivity index is 1.97. The molecule has 0 radical (unpaired) electrons. The van der Waals surface area contributed by atoms with Crippen molar-refractivity contribution >= 4 is 0 Å². The Bertz CT molecular complexity index is 243. The molecule has 1 aliphatic heterocycles. The standard InChI is InChI=1S/C11H19N3/c1-2-4-9-14-10-8-13-11(14)5-7-12-6-3-1/h8,10,12H,1-7,9H2. The number of rotatable bonds is 0. The fraction of sp³-hybridized carbons (Fsp3) is 0.727. The lowest BCUT2D eigenvalue weighted by molar-refractivity contribution is 0.564. The molecule has 0 spiro atoms. The molecular weight excluding hydrogens is 174 g/mol. The molecule has 78 valence electrons. The Labute approximate surface area is 85.5 Å². The fourth-order valence-electron chi connectivity index (χ4n) is 1.98. The van der Waals surface area contributed by atoms with Crippen molar-refractivity contribution in [3.8, 4) is 0 Å². The molecule has 0 aliphatic carbocycles. The maximum Gasteiger partial charge on any atom is 0.109 e. The van der Waals surface area contributed by atoms with Crippen LogP contribution in [0.5, 0.6) is 0 Å². The van der Waals surface area contributed by atoms with Crippen molar-refractivity contribution in [1.29, 1.82) is 0 Å². The van der Waals surface area contributed by atoms with Crippen LogP contribution in [0.15, 0.2) is 12.4 Å². The highest BCUT2D eigenvalue weighted by Gasteiger charge is 2.03. The second kappa shape index (κ2) is 5.15.